The number of benzene rings is 1. The van der Waals surface area contributed by atoms with Crippen molar-refractivity contribution in [1.29, 1.82) is 0 Å². The monoisotopic (exact) mass is 368 g/mol. The van der Waals surface area contributed by atoms with Gasteiger partial charge in [-0.05, 0) is 30.7 Å². The Morgan fingerprint density at radius 2 is 1.64 bits per heavy atom. The Hall–Kier alpha value is -2.59. The Labute approximate surface area is 136 Å². The summed E-state index contributed by atoms with van der Waals surface area (Å²) in [7, 11) is 0. The third kappa shape index (κ3) is 4.70. The lowest BCUT2D eigenvalue weighted by Crippen LogP contribution is -2.12. The van der Waals surface area contributed by atoms with Gasteiger partial charge in [0.2, 0.25) is 0 Å². The summed E-state index contributed by atoms with van der Waals surface area (Å²) in [5, 5.41) is 3.35. The molecule has 136 valence electrons. The number of rotatable bonds is 4. The van der Waals surface area contributed by atoms with E-state index in [0.717, 1.165) is 0 Å². The van der Waals surface area contributed by atoms with E-state index in [1.807, 2.05) is 0 Å². The summed E-state index contributed by atoms with van der Waals surface area (Å²) in [4.78, 5) is 15.0. The SMILES string of the molecule is CCOC(=O)c1nc(Cc2cc(C(F)(F)F)cc(C(F)(F)F)c2)no1. The van der Waals surface area contributed by atoms with E-state index in [0.29, 0.717) is 12.1 Å². The quantitative estimate of drug-likeness (QED) is 0.605. The number of halogens is 6. The number of alkyl halides is 6. The van der Waals surface area contributed by atoms with Crippen molar-refractivity contribution < 1.29 is 40.4 Å². The molecule has 0 radical (unpaired) electrons. The third-order valence-corrected chi connectivity index (χ3v) is 2.93. The molecule has 1 heterocycles. The Balaban J connectivity index is 2.34. The molecule has 0 aliphatic carbocycles. The van der Waals surface area contributed by atoms with Crippen LogP contribution in [0.1, 0.15) is 40.1 Å². The van der Waals surface area contributed by atoms with E-state index < -0.39 is 41.8 Å². The van der Waals surface area contributed by atoms with Gasteiger partial charge < -0.3 is 9.26 Å². The molecule has 1 aromatic carbocycles. The molecule has 0 amide bonds. The molecular formula is C14H10F6N2O3. The molecule has 0 spiro atoms. The Morgan fingerprint density at radius 1 is 1.08 bits per heavy atom. The average Bonchev–Trinajstić information content (AvgIpc) is 2.94. The van der Waals surface area contributed by atoms with Crippen molar-refractivity contribution in [2.45, 2.75) is 25.7 Å². The second-order valence-electron chi connectivity index (χ2n) is 4.83. The van der Waals surface area contributed by atoms with Gasteiger partial charge in [-0.1, -0.05) is 5.16 Å². The normalized spacial score (nSPS) is 12.3. The lowest BCUT2D eigenvalue weighted by Gasteiger charge is -2.13. The van der Waals surface area contributed by atoms with E-state index in [1.165, 1.54) is 6.92 Å². The molecule has 0 unspecified atom stereocenters. The fraction of sp³-hybridized carbons (Fsp3) is 0.357. The van der Waals surface area contributed by atoms with Crippen molar-refractivity contribution in [3.05, 3.63) is 46.6 Å². The fourth-order valence-corrected chi connectivity index (χ4v) is 1.91. The second-order valence-corrected chi connectivity index (χ2v) is 4.83. The molecule has 1 aromatic heterocycles. The average molecular weight is 368 g/mol. The molecule has 2 rings (SSSR count). The largest absolute Gasteiger partial charge is 0.459 e. The summed E-state index contributed by atoms with van der Waals surface area (Å²) >= 11 is 0. The summed E-state index contributed by atoms with van der Waals surface area (Å²) in [6, 6.07) is 1.12. The van der Waals surface area contributed by atoms with Crippen LogP contribution in [0.15, 0.2) is 22.7 Å². The van der Waals surface area contributed by atoms with E-state index in [-0.39, 0.29) is 24.1 Å². The zero-order valence-corrected chi connectivity index (χ0v) is 12.5. The summed E-state index contributed by atoms with van der Waals surface area (Å²) in [6.45, 7) is 1.55. The zero-order valence-electron chi connectivity index (χ0n) is 12.5. The predicted octanol–water partition coefficient (Wildman–Crippen LogP) is 3.87. The molecular weight excluding hydrogens is 358 g/mol. The van der Waals surface area contributed by atoms with Crippen LogP contribution in [0, 0.1) is 0 Å². The van der Waals surface area contributed by atoms with Crippen molar-refractivity contribution in [2.24, 2.45) is 0 Å². The van der Waals surface area contributed by atoms with E-state index in [4.69, 9.17) is 0 Å². The fourth-order valence-electron chi connectivity index (χ4n) is 1.91. The van der Waals surface area contributed by atoms with Crippen LogP contribution >= 0.6 is 0 Å². The van der Waals surface area contributed by atoms with E-state index in [1.54, 1.807) is 0 Å². The predicted molar refractivity (Wildman–Crippen MR) is 69.5 cm³/mol. The van der Waals surface area contributed by atoms with Crippen LogP contribution < -0.4 is 0 Å². The van der Waals surface area contributed by atoms with Crippen LogP contribution in [-0.2, 0) is 23.5 Å². The highest BCUT2D eigenvalue weighted by atomic mass is 19.4. The number of esters is 1. The van der Waals surface area contributed by atoms with Gasteiger partial charge in [0.1, 0.15) is 0 Å². The third-order valence-electron chi connectivity index (χ3n) is 2.93. The van der Waals surface area contributed by atoms with Crippen molar-refractivity contribution in [2.75, 3.05) is 6.61 Å². The molecule has 25 heavy (non-hydrogen) atoms. The van der Waals surface area contributed by atoms with Crippen LogP contribution in [-0.4, -0.2) is 22.7 Å². The van der Waals surface area contributed by atoms with Crippen LogP contribution in [0.3, 0.4) is 0 Å². The topological polar surface area (TPSA) is 65.2 Å². The van der Waals surface area contributed by atoms with Gasteiger partial charge in [0.05, 0.1) is 17.7 Å². The van der Waals surface area contributed by atoms with Crippen LogP contribution in [0.5, 0.6) is 0 Å². The van der Waals surface area contributed by atoms with Gasteiger partial charge in [-0.2, -0.15) is 31.3 Å². The first-order valence-corrected chi connectivity index (χ1v) is 6.78. The van der Waals surface area contributed by atoms with Crippen molar-refractivity contribution >= 4 is 5.97 Å². The first kappa shape index (κ1) is 18.7. The number of aromatic nitrogens is 2. The first-order valence-electron chi connectivity index (χ1n) is 6.78. The van der Waals surface area contributed by atoms with Gasteiger partial charge in [-0.15, -0.1) is 0 Å². The number of ether oxygens (including phenoxy) is 1. The molecule has 5 nitrogen and oxygen atoms in total. The maximum absolute atomic E-state index is 12.8. The highest BCUT2D eigenvalue weighted by Gasteiger charge is 2.37. The van der Waals surface area contributed by atoms with Crippen molar-refractivity contribution in [3.8, 4) is 0 Å². The van der Waals surface area contributed by atoms with Crippen LogP contribution in [0.2, 0.25) is 0 Å². The second kappa shape index (κ2) is 6.73. The van der Waals surface area contributed by atoms with Gasteiger partial charge in [0, 0.05) is 6.42 Å². The van der Waals surface area contributed by atoms with Crippen molar-refractivity contribution in [1.82, 2.24) is 10.1 Å². The van der Waals surface area contributed by atoms with Crippen LogP contribution in [0.25, 0.3) is 0 Å². The van der Waals surface area contributed by atoms with Gasteiger partial charge in [-0.3, -0.25) is 0 Å². The smallest absolute Gasteiger partial charge is 0.416 e. The van der Waals surface area contributed by atoms with Crippen molar-refractivity contribution in [3.63, 3.8) is 0 Å². The lowest BCUT2D eigenvalue weighted by atomic mass is 10.0. The number of carbonyl (C=O) groups is 1. The summed E-state index contributed by atoms with van der Waals surface area (Å²) < 4.78 is 85.9. The number of nitrogens with zero attached hydrogens (tertiary/aromatic N) is 2. The molecule has 0 fully saturated rings. The summed E-state index contributed by atoms with van der Waals surface area (Å²) in [5.74, 6) is -1.74. The molecule has 2 aromatic rings. The highest BCUT2D eigenvalue weighted by Crippen LogP contribution is 2.36. The first-order chi connectivity index (χ1) is 11.5. The highest BCUT2D eigenvalue weighted by molar-refractivity contribution is 5.83. The van der Waals surface area contributed by atoms with E-state index >= 15 is 0 Å². The lowest BCUT2D eigenvalue weighted by molar-refractivity contribution is -0.143. The minimum Gasteiger partial charge on any atom is -0.459 e. The molecule has 0 saturated heterocycles. The number of hydrogen-bond acceptors (Lipinski definition) is 5. The van der Waals surface area contributed by atoms with Gasteiger partial charge in [0.25, 0.3) is 0 Å². The molecule has 0 saturated carbocycles. The molecule has 11 heteroatoms. The van der Waals surface area contributed by atoms with Gasteiger partial charge >= 0.3 is 24.2 Å². The standard InChI is InChI=1S/C14H10F6N2O3/c1-2-24-12(23)11-21-10(22-25-11)5-7-3-8(13(15,16)17)6-9(4-7)14(18,19)20/h3-4,6H,2,5H2,1H3. The van der Waals surface area contributed by atoms with Gasteiger partial charge in [-0.25, -0.2) is 4.79 Å². The maximum Gasteiger partial charge on any atom is 0.416 e. The maximum atomic E-state index is 12.8. The minimum atomic E-state index is -4.96. The minimum absolute atomic E-state index is 0.0176. The Kier molecular flexibility index (Phi) is 5.04. The van der Waals surface area contributed by atoms with E-state index in [2.05, 4.69) is 19.4 Å². The number of hydrogen-bond donors (Lipinski definition) is 0. The molecule has 0 bridgehead atoms. The number of carbonyl (C=O) groups excluding carboxylic acids is 1. The van der Waals surface area contributed by atoms with Crippen LogP contribution in [0.4, 0.5) is 26.3 Å². The molecule has 0 aliphatic heterocycles. The molecule has 0 aliphatic rings. The Morgan fingerprint density at radius 3 is 2.12 bits per heavy atom. The molecule has 0 atom stereocenters. The van der Waals surface area contributed by atoms with Gasteiger partial charge in [0.15, 0.2) is 5.82 Å². The molecule has 0 N–H and O–H groups in total. The summed E-state index contributed by atoms with van der Waals surface area (Å²) in [6.07, 6.45) is -10.4. The summed E-state index contributed by atoms with van der Waals surface area (Å²) in [5.41, 5.74) is -3.24. The Bertz CT molecular complexity index is 734. The van der Waals surface area contributed by atoms with E-state index in [9.17, 15) is 31.1 Å². The zero-order chi connectivity index (χ0) is 18.8.